The van der Waals surface area contributed by atoms with Crippen molar-refractivity contribution in [2.75, 3.05) is 33.2 Å². The number of aromatic nitrogens is 2. The third-order valence-electron chi connectivity index (χ3n) is 7.16. The Morgan fingerprint density at radius 2 is 1.75 bits per heavy atom. The monoisotopic (exact) mass is 435 g/mol. The molecule has 0 aliphatic carbocycles. The molecule has 3 aliphatic heterocycles. The molecule has 5 rings (SSSR count). The van der Waals surface area contributed by atoms with Crippen molar-refractivity contribution in [3.8, 4) is 5.69 Å². The SMILES string of the molecule is Cc1ccccc1-n1c(C)c(C)[n+]2c1N=C1C2C(=O)N(CCN2CCCCC2)C(=O)N1C. The van der Waals surface area contributed by atoms with Gasteiger partial charge in [0.05, 0.1) is 0 Å². The van der Waals surface area contributed by atoms with E-state index in [2.05, 4.69) is 35.4 Å². The lowest BCUT2D eigenvalue weighted by atomic mass is 10.1. The Bertz CT molecular complexity index is 1130. The summed E-state index contributed by atoms with van der Waals surface area (Å²) in [5, 5.41) is 0. The lowest BCUT2D eigenvalue weighted by Gasteiger charge is -2.35. The summed E-state index contributed by atoms with van der Waals surface area (Å²) in [5.74, 6) is 1.02. The maximum absolute atomic E-state index is 13.6. The number of piperidine rings is 1. The van der Waals surface area contributed by atoms with Crippen LogP contribution >= 0.6 is 0 Å². The average Bonchev–Trinajstić information content (AvgIpc) is 3.29. The smallest absolute Gasteiger partial charge is 0.302 e. The van der Waals surface area contributed by atoms with Crippen LogP contribution in [-0.2, 0) is 4.79 Å². The molecular formula is C24H31N6O2+. The van der Waals surface area contributed by atoms with Crippen molar-refractivity contribution in [1.82, 2.24) is 19.3 Å². The van der Waals surface area contributed by atoms with Crippen LogP contribution in [0.3, 0.4) is 0 Å². The number of nitrogens with zero attached hydrogens (tertiary/aromatic N) is 6. The minimum Gasteiger partial charge on any atom is -0.302 e. The molecule has 0 N–H and O–H groups in total. The predicted molar refractivity (Wildman–Crippen MR) is 121 cm³/mol. The zero-order valence-corrected chi connectivity index (χ0v) is 19.3. The molecule has 1 aromatic carbocycles. The summed E-state index contributed by atoms with van der Waals surface area (Å²) >= 11 is 0. The van der Waals surface area contributed by atoms with Gasteiger partial charge in [-0.2, -0.15) is 4.57 Å². The highest BCUT2D eigenvalue weighted by atomic mass is 16.2. The predicted octanol–water partition coefficient (Wildman–Crippen LogP) is 2.65. The molecule has 168 valence electrons. The van der Waals surface area contributed by atoms with Crippen molar-refractivity contribution in [2.24, 2.45) is 4.99 Å². The minimum atomic E-state index is -0.599. The topological polar surface area (TPSA) is 65.0 Å². The number of hydrogen-bond acceptors (Lipinski definition) is 4. The number of amides is 3. The molecule has 0 bridgehead atoms. The van der Waals surface area contributed by atoms with Gasteiger partial charge in [0.1, 0.15) is 17.1 Å². The van der Waals surface area contributed by atoms with Crippen molar-refractivity contribution < 1.29 is 14.2 Å². The number of rotatable bonds is 4. The number of aliphatic imine (C=N–C) groups is 1. The number of fused-ring (bicyclic) bond motifs is 3. The average molecular weight is 436 g/mol. The standard InChI is InChI=1S/C24H31N6O2/c1-16-10-6-7-11-19(16)29-17(2)18(3)30-20-21(25-23(29)30)26(4)24(32)28(22(20)31)15-14-27-12-8-5-9-13-27/h6-7,10-11,20H,5,8-9,12-15H2,1-4H3/q+1. The molecule has 2 aromatic rings. The van der Waals surface area contributed by atoms with Crippen molar-refractivity contribution in [2.45, 2.75) is 46.1 Å². The van der Waals surface area contributed by atoms with Gasteiger partial charge in [0.2, 0.25) is 11.9 Å². The second kappa shape index (κ2) is 7.85. The van der Waals surface area contributed by atoms with Gasteiger partial charge in [0.15, 0.2) is 0 Å². The molecule has 4 heterocycles. The minimum absolute atomic E-state index is 0.183. The van der Waals surface area contributed by atoms with Crippen molar-refractivity contribution in [3.05, 3.63) is 41.2 Å². The van der Waals surface area contributed by atoms with Crippen LogP contribution in [0.4, 0.5) is 10.7 Å². The summed E-state index contributed by atoms with van der Waals surface area (Å²) in [6.45, 7) is 9.37. The number of imidazole rings is 1. The number of para-hydroxylation sites is 1. The summed E-state index contributed by atoms with van der Waals surface area (Å²) in [5.41, 5.74) is 4.19. The zero-order chi connectivity index (χ0) is 22.6. The number of benzene rings is 1. The molecule has 2 saturated heterocycles. The van der Waals surface area contributed by atoms with E-state index >= 15 is 0 Å². The molecular weight excluding hydrogens is 404 g/mol. The molecule has 1 aromatic heterocycles. The first-order chi connectivity index (χ1) is 15.4. The van der Waals surface area contributed by atoms with Gasteiger partial charge < -0.3 is 4.90 Å². The number of likely N-dealkylation sites (tertiary alicyclic amines) is 1. The maximum Gasteiger partial charge on any atom is 0.407 e. The number of urea groups is 1. The van der Waals surface area contributed by atoms with Crippen LogP contribution in [-0.4, -0.2) is 70.3 Å². The highest BCUT2D eigenvalue weighted by molar-refractivity contribution is 6.19. The van der Waals surface area contributed by atoms with Crippen molar-refractivity contribution >= 4 is 23.7 Å². The van der Waals surface area contributed by atoms with E-state index < -0.39 is 6.04 Å². The summed E-state index contributed by atoms with van der Waals surface area (Å²) in [6.07, 6.45) is 3.63. The van der Waals surface area contributed by atoms with Crippen LogP contribution in [0.1, 0.15) is 42.3 Å². The van der Waals surface area contributed by atoms with Gasteiger partial charge in [-0.3, -0.25) is 14.6 Å². The van der Waals surface area contributed by atoms with Gasteiger partial charge in [-0.25, -0.2) is 9.36 Å². The number of carbonyl (C=O) groups is 2. The quantitative estimate of drug-likeness (QED) is 0.694. The van der Waals surface area contributed by atoms with Crippen LogP contribution < -0.4 is 4.57 Å². The highest BCUT2D eigenvalue weighted by Crippen LogP contribution is 2.33. The van der Waals surface area contributed by atoms with E-state index in [4.69, 9.17) is 4.99 Å². The van der Waals surface area contributed by atoms with E-state index in [9.17, 15) is 9.59 Å². The van der Waals surface area contributed by atoms with Crippen molar-refractivity contribution in [3.63, 3.8) is 0 Å². The van der Waals surface area contributed by atoms with Gasteiger partial charge in [0, 0.05) is 20.1 Å². The largest absolute Gasteiger partial charge is 0.407 e. The van der Waals surface area contributed by atoms with Gasteiger partial charge in [0.25, 0.3) is 5.91 Å². The molecule has 0 radical (unpaired) electrons. The fourth-order valence-electron chi connectivity index (χ4n) is 5.17. The second-order valence-electron chi connectivity index (χ2n) is 9.07. The first-order valence-electron chi connectivity index (χ1n) is 11.5. The van der Waals surface area contributed by atoms with E-state index in [1.54, 1.807) is 11.9 Å². The van der Waals surface area contributed by atoms with Crippen LogP contribution in [0.5, 0.6) is 0 Å². The number of amidine groups is 1. The number of hydrogen-bond donors (Lipinski definition) is 0. The summed E-state index contributed by atoms with van der Waals surface area (Å²) in [6, 6.07) is 7.26. The van der Waals surface area contributed by atoms with E-state index in [0.717, 1.165) is 42.3 Å². The highest BCUT2D eigenvalue weighted by Gasteiger charge is 2.54. The summed E-state index contributed by atoms with van der Waals surface area (Å²) in [4.78, 5) is 36.9. The lowest BCUT2D eigenvalue weighted by Crippen LogP contribution is -2.64. The Labute approximate surface area is 188 Å². The molecule has 8 nitrogen and oxygen atoms in total. The molecule has 8 heteroatoms. The molecule has 2 fully saturated rings. The number of carbonyl (C=O) groups excluding carboxylic acids is 2. The van der Waals surface area contributed by atoms with E-state index in [0.29, 0.717) is 18.3 Å². The van der Waals surface area contributed by atoms with Crippen LogP contribution in [0, 0.1) is 20.8 Å². The molecule has 0 saturated carbocycles. The maximum atomic E-state index is 13.6. The number of aryl methyl sites for hydroxylation is 1. The number of imide groups is 1. The van der Waals surface area contributed by atoms with Crippen molar-refractivity contribution in [1.29, 1.82) is 0 Å². The lowest BCUT2D eigenvalue weighted by molar-refractivity contribution is -0.682. The first-order valence-corrected chi connectivity index (χ1v) is 11.5. The Morgan fingerprint density at radius 3 is 2.47 bits per heavy atom. The first kappa shape index (κ1) is 20.9. The van der Waals surface area contributed by atoms with Crippen LogP contribution in [0.25, 0.3) is 5.69 Å². The molecule has 32 heavy (non-hydrogen) atoms. The fraction of sp³-hybridized carbons (Fsp3) is 0.500. The van der Waals surface area contributed by atoms with Gasteiger partial charge >= 0.3 is 12.0 Å². The molecule has 1 atom stereocenters. The fourth-order valence-corrected chi connectivity index (χ4v) is 5.17. The molecule has 3 amide bonds. The molecule has 3 aliphatic rings. The third kappa shape index (κ3) is 3.08. The van der Waals surface area contributed by atoms with Crippen LogP contribution in [0.15, 0.2) is 29.3 Å². The summed E-state index contributed by atoms with van der Waals surface area (Å²) < 4.78 is 4.09. The Hall–Kier alpha value is -3.00. The van der Waals surface area contributed by atoms with E-state index in [-0.39, 0.29) is 11.9 Å². The Morgan fingerprint density at radius 1 is 1.03 bits per heavy atom. The van der Waals surface area contributed by atoms with Gasteiger partial charge in [-0.05, 0) is 58.3 Å². The van der Waals surface area contributed by atoms with Gasteiger partial charge in [-0.1, -0.05) is 29.6 Å². The normalized spacial score (nSPS) is 21.1. The third-order valence-corrected chi connectivity index (χ3v) is 7.16. The van der Waals surface area contributed by atoms with Gasteiger partial charge in [-0.15, -0.1) is 0 Å². The number of likely N-dealkylation sites (N-methyl/N-ethyl adjacent to an activating group) is 1. The van der Waals surface area contributed by atoms with E-state index in [1.165, 1.54) is 24.2 Å². The summed E-state index contributed by atoms with van der Waals surface area (Å²) in [7, 11) is 1.72. The second-order valence-corrected chi connectivity index (χ2v) is 9.07. The molecule has 1 unspecified atom stereocenters. The zero-order valence-electron chi connectivity index (χ0n) is 19.3. The van der Waals surface area contributed by atoms with E-state index in [1.807, 2.05) is 23.6 Å². The Kier molecular flexibility index (Phi) is 5.12. The van der Waals surface area contributed by atoms with Crippen LogP contribution in [0.2, 0.25) is 0 Å². The molecule has 0 spiro atoms. The Balaban J connectivity index is 1.52.